The first-order valence-electron chi connectivity index (χ1n) is 12.5. The third-order valence-electron chi connectivity index (χ3n) is 7.04. The molecule has 32 heavy (non-hydrogen) atoms. The number of hydrogen-bond donors (Lipinski definition) is 1. The summed E-state index contributed by atoms with van der Waals surface area (Å²) in [6, 6.07) is 4.94. The quantitative estimate of drug-likeness (QED) is 0.502. The maximum atomic E-state index is 13.8. The lowest BCUT2D eigenvalue weighted by Gasteiger charge is -2.23. The standard InChI is InChI=1S/C27H36FN3O/c1-3-4-8-18(2)15-24-27(31-25(32)16-19-9-6-5-7-10-19)30-23-14-11-20-17-21(28)12-13-22(20)26(23)29-24/h12-13,17-19H,3-11,14-16H2,1-2H3,(H,30,31,32). The lowest BCUT2D eigenvalue weighted by molar-refractivity contribution is -0.117. The van der Waals surface area contributed by atoms with Crippen molar-refractivity contribution in [2.45, 2.75) is 90.9 Å². The molecule has 0 aliphatic heterocycles. The SMILES string of the molecule is CCCCC(C)Cc1nc2c(nc1NC(=O)CC1CCCCC1)CCc1cc(F)ccc1-2. The molecule has 1 heterocycles. The molecule has 1 saturated carbocycles. The number of carbonyl (C=O) groups excluding carboxylic acids is 1. The molecule has 0 spiro atoms. The van der Waals surface area contributed by atoms with E-state index in [0.29, 0.717) is 24.1 Å². The number of carbonyl (C=O) groups is 1. The van der Waals surface area contributed by atoms with E-state index in [1.165, 1.54) is 38.2 Å². The summed E-state index contributed by atoms with van der Waals surface area (Å²) in [6.07, 6.45) is 12.4. The van der Waals surface area contributed by atoms with E-state index in [2.05, 4.69) is 19.2 Å². The zero-order valence-corrected chi connectivity index (χ0v) is 19.6. The number of fused-ring (bicyclic) bond motifs is 3. The Balaban J connectivity index is 1.60. The van der Waals surface area contributed by atoms with Crippen LogP contribution in [0, 0.1) is 17.7 Å². The van der Waals surface area contributed by atoms with E-state index < -0.39 is 0 Å². The third kappa shape index (κ3) is 5.54. The van der Waals surface area contributed by atoms with Crippen molar-refractivity contribution in [3.05, 3.63) is 41.0 Å². The van der Waals surface area contributed by atoms with Gasteiger partial charge in [-0.3, -0.25) is 4.79 Å². The average molecular weight is 438 g/mol. The van der Waals surface area contributed by atoms with E-state index in [9.17, 15) is 9.18 Å². The van der Waals surface area contributed by atoms with Crippen LogP contribution in [0.15, 0.2) is 18.2 Å². The van der Waals surface area contributed by atoms with Crippen LogP contribution >= 0.6 is 0 Å². The number of anilines is 1. The van der Waals surface area contributed by atoms with Crippen molar-refractivity contribution in [2.75, 3.05) is 5.32 Å². The molecule has 5 heteroatoms. The van der Waals surface area contributed by atoms with Gasteiger partial charge in [-0.1, -0.05) is 52.4 Å². The Bertz CT molecular complexity index is 952. The number of rotatable bonds is 8. The fraction of sp³-hybridized carbons (Fsp3) is 0.593. The average Bonchev–Trinajstić information content (AvgIpc) is 2.78. The molecule has 0 saturated heterocycles. The minimum atomic E-state index is -0.208. The summed E-state index contributed by atoms with van der Waals surface area (Å²) in [6.45, 7) is 4.45. The first-order valence-corrected chi connectivity index (χ1v) is 12.5. The zero-order chi connectivity index (χ0) is 22.5. The molecule has 4 rings (SSSR count). The van der Waals surface area contributed by atoms with E-state index in [4.69, 9.17) is 9.97 Å². The van der Waals surface area contributed by atoms with Gasteiger partial charge in [0.05, 0.1) is 17.1 Å². The van der Waals surface area contributed by atoms with E-state index in [0.717, 1.165) is 66.7 Å². The molecule has 1 fully saturated rings. The van der Waals surface area contributed by atoms with E-state index >= 15 is 0 Å². The fourth-order valence-corrected chi connectivity index (χ4v) is 5.21. The highest BCUT2D eigenvalue weighted by molar-refractivity contribution is 5.90. The van der Waals surface area contributed by atoms with Crippen LogP contribution < -0.4 is 5.32 Å². The largest absolute Gasteiger partial charge is 0.309 e. The zero-order valence-electron chi connectivity index (χ0n) is 19.6. The number of halogens is 1. The number of nitrogens with one attached hydrogen (secondary N) is 1. The van der Waals surface area contributed by atoms with Crippen LogP contribution in [0.5, 0.6) is 0 Å². The molecule has 1 atom stereocenters. The smallest absolute Gasteiger partial charge is 0.225 e. The highest BCUT2D eigenvalue weighted by atomic mass is 19.1. The van der Waals surface area contributed by atoms with Crippen molar-refractivity contribution in [3.8, 4) is 11.3 Å². The van der Waals surface area contributed by atoms with Gasteiger partial charge in [-0.15, -0.1) is 0 Å². The molecular formula is C27H36FN3O. The molecule has 4 nitrogen and oxygen atoms in total. The predicted octanol–water partition coefficient (Wildman–Crippen LogP) is 6.66. The second-order valence-corrected chi connectivity index (χ2v) is 9.82. The summed E-state index contributed by atoms with van der Waals surface area (Å²) < 4.78 is 13.8. The molecule has 2 aliphatic rings. The minimum Gasteiger partial charge on any atom is -0.309 e. The van der Waals surface area contributed by atoms with Gasteiger partial charge in [0.2, 0.25) is 5.91 Å². The van der Waals surface area contributed by atoms with Crippen LogP contribution in [-0.4, -0.2) is 15.9 Å². The molecule has 1 aromatic heterocycles. The van der Waals surface area contributed by atoms with Crippen LogP contribution in [0.4, 0.5) is 10.2 Å². The summed E-state index contributed by atoms with van der Waals surface area (Å²) in [5.41, 5.74) is 4.59. The monoisotopic (exact) mass is 437 g/mol. The number of unbranched alkanes of at least 4 members (excludes halogenated alkanes) is 1. The molecule has 172 valence electrons. The Morgan fingerprint density at radius 1 is 1.19 bits per heavy atom. The van der Waals surface area contributed by atoms with Crippen molar-refractivity contribution in [1.82, 2.24) is 9.97 Å². The Hall–Kier alpha value is -2.30. The Kier molecular flexibility index (Phi) is 7.54. The molecular weight excluding hydrogens is 401 g/mol. The normalized spacial score (nSPS) is 16.8. The van der Waals surface area contributed by atoms with Crippen molar-refractivity contribution in [2.24, 2.45) is 11.8 Å². The number of aromatic nitrogens is 2. The van der Waals surface area contributed by atoms with Crippen molar-refractivity contribution >= 4 is 11.7 Å². The summed E-state index contributed by atoms with van der Waals surface area (Å²) in [5, 5.41) is 3.13. The second-order valence-electron chi connectivity index (χ2n) is 9.82. The molecule has 0 bridgehead atoms. The lowest BCUT2D eigenvalue weighted by atomic mass is 9.87. The van der Waals surface area contributed by atoms with E-state index in [1.54, 1.807) is 6.07 Å². The van der Waals surface area contributed by atoms with Crippen LogP contribution in [-0.2, 0) is 24.1 Å². The van der Waals surface area contributed by atoms with Gasteiger partial charge < -0.3 is 5.32 Å². The Morgan fingerprint density at radius 3 is 2.78 bits per heavy atom. The molecule has 1 aromatic carbocycles. The topological polar surface area (TPSA) is 54.9 Å². The van der Waals surface area contributed by atoms with Gasteiger partial charge in [-0.2, -0.15) is 0 Å². The van der Waals surface area contributed by atoms with Crippen molar-refractivity contribution < 1.29 is 9.18 Å². The van der Waals surface area contributed by atoms with Gasteiger partial charge in [-0.05, 0) is 67.7 Å². The summed E-state index contributed by atoms with van der Waals surface area (Å²) in [7, 11) is 0. The fourth-order valence-electron chi connectivity index (χ4n) is 5.21. The second kappa shape index (κ2) is 10.5. The molecule has 1 unspecified atom stereocenters. The van der Waals surface area contributed by atoms with Crippen molar-refractivity contribution in [1.29, 1.82) is 0 Å². The molecule has 2 aromatic rings. The van der Waals surface area contributed by atoms with Crippen molar-refractivity contribution in [3.63, 3.8) is 0 Å². The van der Waals surface area contributed by atoms with Gasteiger partial charge in [-0.25, -0.2) is 14.4 Å². The number of amides is 1. The first-order chi connectivity index (χ1) is 15.5. The minimum absolute atomic E-state index is 0.0619. The summed E-state index contributed by atoms with van der Waals surface area (Å²) in [5.74, 6) is 1.45. The van der Waals surface area contributed by atoms with Gasteiger partial charge in [0.15, 0.2) is 5.82 Å². The molecule has 2 aliphatic carbocycles. The third-order valence-corrected chi connectivity index (χ3v) is 7.04. The maximum absolute atomic E-state index is 13.8. The Labute approximate surface area is 191 Å². The highest BCUT2D eigenvalue weighted by Gasteiger charge is 2.24. The number of benzene rings is 1. The number of aryl methyl sites for hydroxylation is 2. The summed E-state index contributed by atoms with van der Waals surface area (Å²) in [4.78, 5) is 22.8. The number of hydrogen-bond acceptors (Lipinski definition) is 3. The lowest BCUT2D eigenvalue weighted by Crippen LogP contribution is -2.22. The van der Waals surface area contributed by atoms with Crippen LogP contribution in [0.3, 0.4) is 0 Å². The molecule has 1 N–H and O–H groups in total. The van der Waals surface area contributed by atoms with Crippen LogP contribution in [0.1, 0.15) is 88.6 Å². The van der Waals surface area contributed by atoms with Gasteiger partial charge in [0.25, 0.3) is 0 Å². The van der Waals surface area contributed by atoms with E-state index in [-0.39, 0.29) is 11.7 Å². The molecule has 1 amide bonds. The van der Waals surface area contributed by atoms with Gasteiger partial charge in [0, 0.05) is 12.0 Å². The first kappa shape index (κ1) is 22.9. The number of nitrogens with zero attached hydrogens (tertiary/aromatic N) is 2. The predicted molar refractivity (Wildman–Crippen MR) is 127 cm³/mol. The maximum Gasteiger partial charge on any atom is 0.225 e. The Morgan fingerprint density at radius 2 is 2.00 bits per heavy atom. The van der Waals surface area contributed by atoms with Gasteiger partial charge >= 0.3 is 0 Å². The highest BCUT2D eigenvalue weighted by Crippen LogP contribution is 2.34. The van der Waals surface area contributed by atoms with Gasteiger partial charge in [0.1, 0.15) is 5.82 Å². The van der Waals surface area contributed by atoms with Crippen LogP contribution in [0.25, 0.3) is 11.3 Å². The van der Waals surface area contributed by atoms with Crippen LogP contribution in [0.2, 0.25) is 0 Å². The molecule has 0 radical (unpaired) electrons. The summed E-state index contributed by atoms with van der Waals surface area (Å²) >= 11 is 0. The van der Waals surface area contributed by atoms with E-state index in [1.807, 2.05) is 6.07 Å².